The summed E-state index contributed by atoms with van der Waals surface area (Å²) in [7, 11) is 0. The minimum Gasteiger partial charge on any atom is -0.352 e. The van der Waals surface area contributed by atoms with Gasteiger partial charge in [-0.2, -0.15) is 5.10 Å². The lowest BCUT2D eigenvalue weighted by atomic mass is 9.98. The van der Waals surface area contributed by atoms with Gasteiger partial charge in [-0.25, -0.2) is 8.78 Å². The smallest absolute Gasteiger partial charge is 0.270 e. The molecule has 1 unspecified atom stereocenters. The summed E-state index contributed by atoms with van der Waals surface area (Å²) in [4.78, 5) is 12.3. The highest BCUT2D eigenvalue weighted by molar-refractivity contribution is 5.83. The summed E-state index contributed by atoms with van der Waals surface area (Å²) in [6.45, 7) is 6.71. The number of alkyl halides is 2. The number of aromatic amines is 1. The molecule has 0 saturated carbocycles. The number of rotatable bonds is 5. The second-order valence-electron chi connectivity index (χ2n) is 5.87. The molecule has 1 aromatic heterocycles. The van der Waals surface area contributed by atoms with Crippen molar-refractivity contribution in [1.82, 2.24) is 15.5 Å². The highest BCUT2D eigenvalue weighted by atomic mass is 19.3. The van der Waals surface area contributed by atoms with Gasteiger partial charge in [0, 0.05) is 30.3 Å². The predicted octanol–water partition coefficient (Wildman–Crippen LogP) is 3.56. The van der Waals surface area contributed by atoms with E-state index in [2.05, 4.69) is 15.5 Å². The number of aryl methyl sites for hydroxylation is 2. The SMILES string of the molecule is Cc1n[nH]c(C)c1C(C)C(=O)NCc1ccc(C(C)(F)F)cc1. The molecule has 0 aliphatic carbocycles. The summed E-state index contributed by atoms with van der Waals surface area (Å²) in [5.41, 5.74) is 3.31. The number of nitrogens with one attached hydrogen (secondary N) is 2. The topological polar surface area (TPSA) is 57.8 Å². The van der Waals surface area contributed by atoms with Gasteiger partial charge in [0.1, 0.15) is 0 Å². The van der Waals surface area contributed by atoms with Crippen LogP contribution in [0.4, 0.5) is 8.78 Å². The first-order chi connectivity index (χ1) is 10.7. The number of nitrogens with zero attached hydrogens (tertiary/aromatic N) is 1. The fourth-order valence-electron chi connectivity index (χ4n) is 2.59. The Labute approximate surface area is 134 Å². The number of H-pyrrole nitrogens is 1. The maximum absolute atomic E-state index is 13.2. The van der Waals surface area contributed by atoms with E-state index in [1.165, 1.54) is 12.1 Å². The molecule has 2 rings (SSSR count). The third kappa shape index (κ3) is 3.94. The average Bonchev–Trinajstić information content (AvgIpc) is 2.82. The van der Waals surface area contributed by atoms with E-state index in [9.17, 15) is 13.6 Å². The number of hydrogen-bond donors (Lipinski definition) is 2. The van der Waals surface area contributed by atoms with Crippen LogP contribution in [0.25, 0.3) is 0 Å². The fraction of sp³-hybridized carbons (Fsp3) is 0.412. The molecule has 1 aromatic carbocycles. The molecule has 0 saturated heterocycles. The zero-order valence-electron chi connectivity index (χ0n) is 13.7. The quantitative estimate of drug-likeness (QED) is 0.884. The van der Waals surface area contributed by atoms with Crippen molar-refractivity contribution in [3.8, 4) is 0 Å². The van der Waals surface area contributed by atoms with Gasteiger partial charge in [-0.3, -0.25) is 9.89 Å². The van der Waals surface area contributed by atoms with Gasteiger partial charge in [0.25, 0.3) is 5.92 Å². The molecule has 0 bridgehead atoms. The van der Waals surface area contributed by atoms with Gasteiger partial charge in [-0.05, 0) is 26.3 Å². The van der Waals surface area contributed by atoms with Crippen molar-refractivity contribution in [2.75, 3.05) is 0 Å². The van der Waals surface area contributed by atoms with Crippen molar-refractivity contribution < 1.29 is 13.6 Å². The van der Waals surface area contributed by atoms with E-state index in [1.54, 1.807) is 12.1 Å². The first-order valence-corrected chi connectivity index (χ1v) is 7.46. The summed E-state index contributed by atoms with van der Waals surface area (Å²) in [6.07, 6.45) is 0. The molecule has 1 heterocycles. The maximum atomic E-state index is 13.2. The van der Waals surface area contributed by atoms with E-state index < -0.39 is 5.92 Å². The lowest BCUT2D eigenvalue weighted by molar-refractivity contribution is -0.122. The number of benzene rings is 1. The van der Waals surface area contributed by atoms with Crippen LogP contribution in [-0.2, 0) is 17.3 Å². The van der Waals surface area contributed by atoms with E-state index in [0.717, 1.165) is 29.4 Å². The molecule has 0 radical (unpaired) electrons. The highest BCUT2D eigenvalue weighted by Gasteiger charge is 2.24. The van der Waals surface area contributed by atoms with Gasteiger partial charge in [0.2, 0.25) is 5.91 Å². The molecule has 23 heavy (non-hydrogen) atoms. The molecule has 0 aliphatic rings. The van der Waals surface area contributed by atoms with Crippen LogP contribution < -0.4 is 5.32 Å². The third-order valence-corrected chi connectivity index (χ3v) is 3.94. The Morgan fingerprint density at radius 1 is 1.30 bits per heavy atom. The van der Waals surface area contributed by atoms with E-state index in [-0.39, 0.29) is 17.4 Å². The van der Waals surface area contributed by atoms with Crippen LogP contribution in [-0.4, -0.2) is 16.1 Å². The minimum atomic E-state index is -2.85. The van der Waals surface area contributed by atoms with Crippen molar-refractivity contribution in [3.63, 3.8) is 0 Å². The van der Waals surface area contributed by atoms with Gasteiger partial charge >= 0.3 is 0 Å². The lowest BCUT2D eigenvalue weighted by Gasteiger charge is -2.14. The normalized spacial score (nSPS) is 13.0. The van der Waals surface area contributed by atoms with Gasteiger partial charge in [0.05, 0.1) is 11.6 Å². The van der Waals surface area contributed by atoms with Crippen LogP contribution in [0.3, 0.4) is 0 Å². The third-order valence-electron chi connectivity index (χ3n) is 3.94. The van der Waals surface area contributed by atoms with Crippen LogP contribution >= 0.6 is 0 Å². The van der Waals surface area contributed by atoms with Crippen molar-refractivity contribution in [1.29, 1.82) is 0 Å². The Hall–Kier alpha value is -2.24. The second kappa shape index (κ2) is 6.48. The Bertz CT molecular complexity index is 667. The zero-order valence-corrected chi connectivity index (χ0v) is 13.7. The van der Waals surface area contributed by atoms with Crippen molar-refractivity contribution in [2.45, 2.75) is 46.1 Å². The molecular formula is C17H21F2N3O. The molecule has 1 atom stereocenters. The largest absolute Gasteiger partial charge is 0.352 e. The maximum Gasteiger partial charge on any atom is 0.270 e. The van der Waals surface area contributed by atoms with E-state index in [4.69, 9.17) is 0 Å². The fourth-order valence-corrected chi connectivity index (χ4v) is 2.59. The summed E-state index contributed by atoms with van der Waals surface area (Å²) >= 11 is 0. The summed E-state index contributed by atoms with van der Waals surface area (Å²) in [5.74, 6) is -3.30. The van der Waals surface area contributed by atoms with E-state index in [0.29, 0.717) is 6.54 Å². The van der Waals surface area contributed by atoms with Crippen LogP contribution in [0.15, 0.2) is 24.3 Å². The van der Waals surface area contributed by atoms with Gasteiger partial charge < -0.3 is 5.32 Å². The first kappa shape index (κ1) is 17.1. The number of aromatic nitrogens is 2. The number of carbonyl (C=O) groups is 1. The average molecular weight is 321 g/mol. The zero-order chi connectivity index (χ0) is 17.2. The van der Waals surface area contributed by atoms with Crippen LogP contribution in [0.1, 0.15) is 47.8 Å². The molecule has 0 aliphatic heterocycles. The van der Waals surface area contributed by atoms with Crippen molar-refractivity contribution in [3.05, 3.63) is 52.3 Å². The Morgan fingerprint density at radius 2 is 1.91 bits per heavy atom. The van der Waals surface area contributed by atoms with Crippen LogP contribution in [0, 0.1) is 13.8 Å². The summed E-state index contributed by atoms with van der Waals surface area (Å²) < 4.78 is 26.3. The van der Waals surface area contributed by atoms with Gasteiger partial charge in [0.15, 0.2) is 0 Å². The first-order valence-electron chi connectivity index (χ1n) is 7.46. The second-order valence-corrected chi connectivity index (χ2v) is 5.87. The molecule has 0 spiro atoms. The van der Waals surface area contributed by atoms with E-state index >= 15 is 0 Å². The molecule has 1 amide bonds. The van der Waals surface area contributed by atoms with E-state index in [1.807, 2.05) is 20.8 Å². The van der Waals surface area contributed by atoms with Crippen LogP contribution in [0.2, 0.25) is 0 Å². The van der Waals surface area contributed by atoms with Crippen LogP contribution in [0.5, 0.6) is 0 Å². The standard InChI is InChI=1S/C17H21F2N3O/c1-10(15-11(2)21-22-12(15)3)16(23)20-9-13-5-7-14(8-6-13)17(4,18)19/h5-8,10H,9H2,1-4H3,(H,20,23)(H,21,22). The van der Waals surface area contributed by atoms with Gasteiger partial charge in [-0.1, -0.05) is 24.3 Å². The molecule has 6 heteroatoms. The minimum absolute atomic E-state index is 0.0365. The highest BCUT2D eigenvalue weighted by Crippen LogP contribution is 2.27. The molecule has 2 aromatic rings. The number of hydrogen-bond acceptors (Lipinski definition) is 2. The summed E-state index contributed by atoms with van der Waals surface area (Å²) in [6, 6.07) is 5.97. The van der Waals surface area contributed by atoms with Crippen molar-refractivity contribution >= 4 is 5.91 Å². The molecule has 124 valence electrons. The number of amides is 1. The summed E-state index contributed by atoms with van der Waals surface area (Å²) in [5, 5.41) is 9.79. The molecule has 4 nitrogen and oxygen atoms in total. The lowest BCUT2D eigenvalue weighted by Crippen LogP contribution is -2.28. The monoisotopic (exact) mass is 321 g/mol. The predicted molar refractivity (Wildman–Crippen MR) is 84.3 cm³/mol. The van der Waals surface area contributed by atoms with Crippen molar-refractivity contribution in [2.24, 2.45) is 0 Å². The Morgan fingerprint density at radius 3 is 2.39 bits per heavy atom. The number of carbonyl (C=O) groups excluding carboxylic acids is 1. The van der Waals surface area contributed by atoms with Gasteiger partial charge in [-0.15, -0.1) is 0 Å². The molecular weight excluding hydrogens is 300 g/mol. The molecule has 2 N–H and O–H groups in total. The Kier molecular flexibility index (Phi) is 4.82. The molecule has 0 fully saturated rings. The Balaban J connectivity index is 1.99. The number of halogens is 2.